The summed E-state index contributed by atoms with van der Waals surface area (Å²) >= 11 is 0. The maximum absolute atomic E-state index is 12.5. The van der Waals surface area contributed by atoms with Crippen LogP contribution in [0.2, 0.25) is 0 Å². The van der Waals surface area contributed by atoms with Crippen molar-refractivity contribution in [3.05, 3.63) is 34.9 Å². The molecule has 0 spiro atoms. The van der Waals surface area contributed by atoms with Gasteiger partial charge in [-0.05, 0) is 25.0 Å². The summed E-state index contributed by atoms with van der Waals surface area (Å²) in [7, 11) is 0. The van der Waals surface area contributed by atoms with Gasteiger partial charge in [-0.25, -0.2) is 14.2 Å². The Hall–Kier alpha value is -1.00. The number of hydrogen-bond donors (Lipinski definition) is 2. The number of rotatable bonds is 3. The summed E-state index contributed by atoms with van der Waals surface area (Å²) in [5.74, 6) is 5.08. The fourth-order valence-electron chi connectivity index (χ4n) is 1.47. The monoisotopic (exact) mass is 200 g/mol. The first kappa shape index (κ1) is 11.1. The van der Waals surface area contributed by atoms with E-state index in [0.29, 0.717) is 5.56 Å². The Morgan fingerprint density at radius 3 is 2.36 bits per heavy atom. The molecule has 0 saturated carbocycles. The minimum absolute atomic E-state index is 0.549. The molecule has 0 aromatic heterocycles. The number of nitrogens with one attached hydrogen (secondary N) is 1. The highest BCUT2D eigenvalue weighted by Crippen LogP contribution is 2.23. The minimum atomic E-state index is -2.50. The SMILES string of the molecule is Cc1ccc(C(NN)C(F)F)c(C)c1. The molecule has 1 atom stereocenters. The average molecular weight is 200 g/mol. The average Bonchev–Trinajstić information content (AvgIpc) is 2.09. The predicted molar refractivity (Wildman–Crippen MR) is 52.0 cm³/mol. The lowest BCUT2D eigenvalue weighted by molar-refractivity contribution is 0.0983. The number of hydrogen-bond acceptors (Lipinski definition) is 2. The first-order valence-corrected chi connectivity index (χ1v) is 4.37. The Bertz CT molecular complexity index is 313. The second-order valence-corrected chi connectivity index (χ2v) is 3.34. The van der Waals surface area contributed by atoms with Gasteiger partial charge in [0.05, 0.1) is 0 Å². The molecule has 0 fully saturated rings. The van der Waals surface area contributed by atoms with E-state index >= 15 is 0 Å². The van der Waals surface area contributed by atoms with Crippen LogP contribution in [0, 0.1) is 13.8 Å². The van der Waals surface area contributed by atoms with E-state index in [1.54, 1.807) is 19.1 Å². The van der Waals surface area contributed by atoms with Crippen molar-refractivity contribution in [2.24, 2.45) is 5.84 Å². The van der Waals surface area contributed by atoms with Crippen LogP contribution in [0.4, 0.5) is 8.78 Å². The third kappa shape index (κ3) is 2.27. The fraction of sp³-hybridized carbons (Fsp3) is 0.400. The van der Waals surface area contributed by atoms with E-state index < -0.39 is 12.5 Å². The van der Waals surface area contributed by atoms with Gasteiger partial charge in [0.15, 0.2) is 0 Å². The summed E-state index contributed by atoms with van der Waals surface area (Å²) in [6, 6.07) is 4.26. The molecule has 0 radical (unpaired) electrons. The summed E-state index contributed by atoms with van der Waals surface area (Å²) in [5, 5.41) is 0. The lowest BCUT2D eigenvalue weighted by Gasteiger charge is -2.17. The highest BCUT2D eigenvalue weighted by molar-refractivity contribution is 5.33. The Balaban J connectivity index is 3.04. The van der Waals surface area contributed by atoms with Crippen molar-refractivity contribution >= 4 is 0 Å². The van der Waals surface area contributed by atoms with Crippen LogP contribution in [0.1, 0.15) is 22.7 Å². The Labute approximate surface area is 82.1 Å². The molecule has 1 aromatic carbocycles. The van der Waals surface area contributed by atoms with E-state index in [-0.39, 0.29) is 0 Å². The lowest BCUT2D eigenvalue weighted by atomic mass is 10.00. The standard InChI is InChI=1S/C10H14F2N2/c1-6-3-4-8(7(2)5-6)9(14-13)10(11)12/h3-5,9-10,14H,13H2,1-2H3. The van der Waals surface area contributed by atoms with Gasteiger partial charge in [-0.2, -0.15) is 0 Å². The number of benzene rings is 1. The number of aryl methyl sites for hydroxylation is 2. The second-order valence-electron chi connectivity index (χ2n) is 3.34. The molecule has 14 heavy (non-hydrogen) atoms. The molecule has 1 aromatic rings. The Kier molecular flexibility index (Phi) is 3.55. The van der Waals surface area contributed by atoms with Crippen molar-refractivity contribution in [1.82, 2.24) is 5.43 Å². The zero-order valence-electron chi connectivity index (χ0n) is 8.22. The summed E-state index contributed by atoms with van der Waals surface area (Å²) in [6.07, 6.45) is -2.50. The number of halogens is 2. The van der Waals surface area contributed by atoms with Crippen molar-refractivity contribution in [3.8, 4) is 0 Å². The van der Waals surface area contributed by atoms with Crippen molar-refractivity contribution in [2.75, 3.05) is 0 Å². The predicted octanol–water partition coefficient (Wildman–Crippen LogP) is 2.07. The zero-order valence-corrected chi connectivity index (χ0v) is 8.22. The molecular formula is C10H14F2N2. The molecule has 0 aliphatic heterocycles. The van der Waals surface area contributed by atoms with E-state index in [1.807, 2.05) is 13.0 Å². The molecule has 78 valence electrons. The molecule has 0 heterocycles. The molecule has 1 unspecified atom stereocenters. The Morgan fingerprint density at radius 2 is 1.93 bits per heavy atom. The highest BCUT2D eigenvalue weighted by atomic mass is 19.3. The van der Waals surface area contributed by atoms with Gasteiger partial charge in [0.1, 0.15) is 6.04 Å². The van der Waals surface area contributed by atoms with Gasteiger partial charge in [-0.1, -0.05) is 23.8 Å². The largest absolute Gasteiger partial charge is 0.271 e. The van der Waals surface area contributed by atoms with Crippen LogP contribution >= 0.6 is 0 Å². The zero-order chi connectivity index (χ0) is 10.7. The molecule has 1 rings (SSSR count). The lowest BCUT2D eigenvalue weighted by Crippen LogP contribution is -2.33. The van der Waals surface area contributed by atoms with Crippen molar-refractivity contribution in [1.29, 1.82) is 0 Å². The molecule has 0 amide bonds. The summed E-state index contributed by atoms with van der Waals surface area (Å²) in [4.78, 5) is 0. The Morgan fingerprint density at radius 1 is 1.29 bits per heavy atom. The molecule has 4 heteroatoms. The van der Waals surface area contributed by atoms with Crippen LogP contribution < -0.4 is 11.3 Å². The normalized spacial score (nSPS) is 13.3. The van der Waals surface area contributed by atoms with Crippen molar-refractivity contribution in [3.63, 3.8) is 0 Å². The van der Waals surface area contributed by atoms with Crippen LogP contribution in [-0.2, 0) is 0 Å². The maximum Gasteiger partial charge on any atom is 0.259 e. The topological polar surface area (TPSA) is 38.0 Å². The quantitative estimate of drug-likeness (QED) is 0.579. The van der Waals surface area contributed by atoms with Gasteiger partial charge in [-0.3, -0.25) is 5.84 Å². The number of nitrogens with two attached hydrogens (primary N) is 1. The summed E-state index contributed by atoms with van der Waals surface area (Å²) < 4.78 is 25.0. The van der Waals surface area contributed by atoms with Crippen molar-refractivity contribution < 1.29 is 8.78 Å². The van der Waals surface area contributed by atoms with E-state index in [9.17, 15) is 8.78 Å². The molecule has 2 nitrogen and oxygen atoms in total. The number of hydrazine groups is 1. The van der Waals surface area contributed by atoms with Gasteiger partial charge in [0, 0.05) is 0 Å². The van der Waals surface area contributed by atoms with E-state index in [1.165, 1.54) is 0 Å². The van der Waals surface area contributed by atoms with E-state index in [0.717, 1.165) is 11.1 Å². The van der Waals surface area contributed by atoms with Crippen LogP contribution in [0.25, 0.3) is 0 Å². The molecule has 0 saturated heterocycles. The van der Waals surface area contributed by atoms with Gasteiger partial charge in [0.25, 0.3) is 6.43 Å². The minimum Gasteiger partial charge on any atom is -0.271 e. The molecular weight excluding hydrogens is 186 g/mol. The summed E-state index contributed by atoms with van der Waals surface area (Å²) in [6.45, 7) is 3.72. The fourth-order valence-corrected chi connectivity index (χ4v) is 1.47. The molecule has 0 aliphatic carbocycles. The van der Waals surface area contributed by atoms with Crippen LogP contribution in [0.3, 0.4) is 0 Å². The van der Waals surface area contributed by atoms with Crippen LogP contribution in [0.15, 0.2) is 18.2 Å². The van der Waals surface area contributed by atoms with E-state index in [4.69, 9.17) is 5.84 Å². The van der Waals surface area contributed by atoms with Gasteiger partial charge in [0.2, 0.25) is 0 Å². The van der Waals surface area contributed by atoms with Crippen LogP contribution in [-0.4, -0.2) is 6.43 Å². The van der Waals surface area contributed by atoms with Gasteiger partial charge < -0.3 is 0 Å². The molecule has 0 aliphatic rings. The van der Waals surface area contributed by atoms with Crippen LogP contribution in [0.5, 0.6) is 0 Å². The summed E-state index contributed by atoms with van der Waals surface area (Å²) in [5.41, 5.74) is 4.56. The first-order valence-electron chi connectivity index (χ1n) is 4.37. The van der Waals surface area contributed by atoms with E-state index in [2.05, 4.69) is 5.43 Å². The molecule has 0 bridgehead atoms. The first-order chi connectivity index (χ1) is 6.56. The third-order valence-electron chi connectivity index (χ3n) is 2.19. The van der Waals surface area contributed by atoms with Gasteiger partial charge >= 0.3 is 0 Å². The third-order valence-corrected chi connectivity index (χ3v) is 2.19. The smallest absolute Gasteiger partial charge is 0.259 e. The maximum atomic E-state index is 12.5. The molecule has 3 N–H and O–H groups in total. The number of alkyl halides is 2. The highest BCUT2D eigenvalue weighted by Gasteiger charge is 2.22. The second kappa shape index (κ2) is 4.48. The van der Waals surface area contributed by atoms with Gasteiger partial charge in [-0.15, -0.1) is 0 Å². The van der Waals surface area contributed by atoms with Crippen molar-refractivity contribution in [2.45, 2.75) is 26.3 Å².